The summed E-state index contributed by atoms with van der Waals surface area (Å²) in [7, 11) is 3.58. The van der Waals surface area contributed by atoms with E-state index in [0.717, 1.165) is 0 Å². The second kappa shape index (κ2) is 6.35. The van der Waals surface area contributed by atoms with Crippen molar-refractivity contribution in [2.75, 3.05) is 27.2 Å². The van der Waals surface area contributed by atoms with Crippen LogP contribution in [-0.2, 0) is 14.3 Å². The maximum absolute atomic E-state index is 11.2. The van der Waals surface area contributed by atoms with E-state index in [-0.39, 0.29) is 30.8 Å². The number of ether oxygens (including phenoxy) is 1. The van der Waals surface area contributed by atoms with Crippen LogP contribution in [-0.4, -0.2) is 43.9 Å². The van der Waals surface area contributed by atoms with Crippen molar-refractivity contribution in [1.29, 1.82) is 0 Å². The average Bonchev–Trinajstić information content (AvgIpc) is 2.11. The molecule has 0 aliphatic heterocycles. The van der Waals surface area contributed by atoms with Crippen molar-refractivity contribution in [2.45, 2.75) is 13.8 Å². The molecule has 1 unspecified atom stereocenters. The summed E-state index contributed by atoms with van der Waals surface area (Å²) >= 11 is 0. The molecule has 0 aliphatic carbocycles. The Kier molecular flexibility index (Phi) is 5.86. The fraction of sp³-hybridized carbons (Fsp3) is 0.636. The van der Waals surface area contributed by atoms with Crippen LogP contribution in [0.3, 0.4) is 0 Å². The van der Waals surface area contributed by atoms with Gasteiger partial charge in [-0.25, -0.2) is 0 Å². The molecule has 0 N–H and O–H groups in total. The third kappa shape index (κ3) is 6.01. The Labute approximate surface area is 90.9 Å². The lowest BCUT2D eigenvalue weighted by Gasteiger charge is -2.14. The summed E-state index contributed by atoms with van der Waals surface area (Å²) in [6.07, 6.45) is 0. The standard InChI is InChI=1S/C11H19NO3/c1-8(9(2)10(3)13)7-15-11(14)6-12(4)5/h8H,2,6-7H2,1,3-5H3. The Hall–Kier alpha value is -1.16. The predicted octanol–water partition coefficient (Wildman–Crippen LogP) is 0.872. The summed E-state index contributed by atoms with van der Waals surface area (Å²) in [5.41, 5.74) is 0.493. The number of likely N-dealkylation sites (N-methyl/N-ethyl adjacent to an activating group) is 1. The van der Waals surface area contributed by atoms with E-state index in [1.54, 1.807) is 19.0 Å². The van der Waals surface area contributed by atoms with Crippen molar-refractivity contribution < 1.29 is 14.3 Å². The van der Waals surface area contributed by atoms with Gasteiger partial charge in [0, 0.05) is 5.92 Å². The largest absolute Gasteiger partial charge is 0.464 e. The number of nitrogens with zero attached hydrogens (tertiary/aromatic N) is 1. The van der Waals surface area contributed by atoms with Crippen LogP contribution in [0.1, 0.15) is 13.8 Å². The lowest BCUT2D eigenvalue weighted by Crippen LogP contribution is -2.25. The number of carbonyl (C=O) groups is 2. The summed E-state index contributed by atoms with van der Waals surface area (Å²) < 4.78 is 4.99. The van der Waals surface area contributed by atoms with E-state index < -0.39 is 0 Å². The first kappa shape index (κ1) is 13.8. The number of ketones is 1. The average molecular weight is 213 g/mol. The summed E-state index contributed by atoms with van der Waals surface area (Å²) in [4.78, 5) is 23.9. The molecule has 0 spiro atoms. The van der Waals surface area contributed by atoms with Gasteiger partial charge >= 0.3 is 5.97 Å². The van der Waals surface area contributed by atoms with E-state index in [2.05, 4.69) is 6.58 Å². The van der Waals surface area contributed by atoms with Gasteiger partial charge in [0.25, 0.3) is 0 Å². The van der Waals surface area contributed by atoms with E-state index in [1.165, 1.54) is 6.92 Å². The zero-order chi connectivity index (χ0) is 12.0. The van der Waals surface area contributed by atoms with Crippen LogP contribution in [0.25, 0.3) is 0 Å². The number of carbonyl (C=O) groups excluding carboxylic acids is 2. The molecular formula is C11H19NO3. The van der Waals surface area contributed by atoms with Crippen molar-refractivity contribution in [1.82, 2.24) is 4.90 Å². The van der Waals surface area contributed by atoms with Crippen molar-refractivity contribution in [2.24, 2.45) is 5.92 Å². The highest BCUT2D eigenvalue weighted by molar-refractivity contribution is 5.93. The molecule has 0 radical (unpaired) electrons. The number of Topliss-reactive ketones (excluding diaryl/α,β-unsaturated/α-hetero) is 1. The SMILES string of the molecule is C=C(C(C)=O)C(C)COC(=O)CN(C)C. The molecule has 0 aliphatic rings. The Morgan fingerprint density at radius 2 is 1.93 bits per heavy atom. The quantitative estimate of drug-likeness (QED) is 0.485. The summed E-state index contributed by atoms with van der Waals surface area (Å²) in [5.74, 6) is -0.469. The van der Waals surface area contributed by atoms with Gasteiger partial charge in [-0.2, -0.15) is 0 Å². The van der Waals surface area contributed by atoms with E-state index in [0.29, 0.717) is 5.57 Å². The number of rotatable bonds is 6. The molecule has 0 bridgehead atoms. The second-order valence-electron chi connectivity index (χ2n) is 3.90. The maximum atomic E-state index is 11.2. The fourth-order valence-corrected chi connectivity index (χ4v) is 0.969. The van der Waals surface area contributed by atoms with Gasteiger partial charge in [-0.3, -0.25) is 14.5 Å². The summed E-state index contributed by atoms with van der Waals surface area (Å²) in [6, 6.07) is 0. The van der Waals surface area contributed by atoms with Crippen LogP contribution in [0.2, 0.25) is 0 Å². The zero-order valence-corrected chi connectivity index (χ0v) is 9.87. The molecule has 86 valence electrons. The van der Waals surface area contributed by atoms with E-state index in [9.17, 15) is 9.59 Å². The Morgan fingerprint density at radius 1 is 1.40 bits per heavy atom. The van der Waals surface area contributed by atoms with Gasteiger partial charge in [0.1, 0.15) is 0 Å². The lowest BCUT2D eigenvalue weighted by molar-refractivity contribution is -0.145. The number of hydrogen-bond acceptors (Lipinski definition) is 4. The van der Waals surface area contributed by atoms with E-state index >= 15 is 0 Å². The first-order valence-corrected chi connectivity index (χ1v) is 4.84. The van der Waals surface area contributed by atoms with Crippen LogP contribution >= 0.6 is 0 Å². The fourth-order valence-electron chi connectivity index (χ4n) is 0.969. The van der Waals surface area contributed by atoms with Gasteiger partial charge in [0.2, 0.25) is 0 Å². The minimum absolute atomic E-state index is 0.0637. The Morgan fingerprint density at radius 3 is 2.33 bits per heavy atom. The third-order valence-corrected chi connectivity index (χ3v) is 1.99. The first-order valence-electron chi connectivity index (χ1n) is 4.84. The van der Waals surface area contributed by atoms with Gasteiger partial charge in [-0.1, -0.05) is 13.5 Å². The van der Waals surface area contributed by atoms with Gasteiger partial charge in [-0.05, 0) is 26.6 Å². The molecule has 15 heavy (non-hydrogen) atoms. The molecule has 0 aromatic rings. The highest BCUT2D eigenvalue weighted by Gasteiger charge is 2.13. The van der Waals surface area contributed by atoms with Gasteiger partial charge in [0.15, 0.2) is 5.78 Å². The van der Waals surface area contributed by atoms with Crippen LogP contribution in [0.5, 0.6) is 0 Å². The van der Waals surface area contributed by atoms with Crippen molar-refractivity contribution in [3.63, 3.8) is 0 Å². The Bertz CT molecular complexity index is 259. The predicted molar refractivity (Wildman–Crippen MR) is 58.5 cm³/mol. The molecule has 0 saturated heterocycles. The topological polar surface area (TPSA) is 46.6 Å². The molecule has 4 nitrogen and oxygen atoms in total. The summed E-state index contributed by atoms with van der Waals surface area (Å²) in [6.45, 7) is 7.38. The van der Waals surface area contributed by atoms with E-state index in [4.69, 9.17) is 4.74 Å². The molecule has 0 heterocycles. The summed E-state index contributed by atoms with van der Waals surface area (Å²) in [5, 5.41) is 0. The highest BCUT2D eigenvalue weighted by Crippen LogP contribution is 2.09. The smallest absolute Gasteiger partial charge is 0.320 e. The molecule has 4 heteroatoms. The molecule has 0 rings (SSSR count). The van der Waals surface area contributed by atoms with Crippen LogP contribution < -0.4 is 0 Å². The molecule has 0 fully saturated rings. The molecule has 0 amide bonds. The van der Waals surface area contributed by atoms with Crippen LogP contribution in [0.4, 0.5) is 0 Å². The lowest BCUT2D eigenvalue weighted by atomic mass is 10.0. The van der Waals surface area contributed by atoms with Crippen LogP contribution in [0.15, 0.2) is 12.2 Å². The minimum atomic E-state index is -0.289. The second-order valence-corrected chi connectivity index (χ2v) is 3.90. The monoisotopic (exact) mass is 213 g/mol. The van der Waals surface area contributed by atoms with Crippen molar-refractivity contribution >= 4 is 11.8 Å². The molecule has 1 atom stereocenters. The number of hydrogen-bond donors (Lipinski definition) is 0. The molecule has 0 aromatic carbocycles. The van der Waals surface area contributed by atoms with Crippen molar-refractivity contribution in [3.8, 4) is 0 Å². The van der Waals surface area contributed by atoms with Gasteiger partial charge in [0.05, 0.1) is 13.2 Å². The van der Waals surface area contributed by atoms with E-state index in [1.807, 2.05) is 6.92 Å². The van der Waals surface area contributed by atoms with Crippen LogP contribution in [0, 0.1) is 5.92 Å². The van der Waals surface area contributed by atoms with Gasteiger partial charge in [-0.15, -0.1) is 0 Å². The van der Waals surface area contributed by atoms with Gasteiger partial charge < -0.3 is 4.74 Å². The normalized spacial score (nSPS) is 12.3. The maximum Gasteiger partial charge on any atom is 0.320 e. The highest BCUT2D eigenvalue weighted by atomic mass is 16.5. The number of esters is 1. The molecular weight excluding hydrogens is 194 g/mol. The zero-order valence-electron chi connectivity index (χ0n) is 9.87. The molecule has 0 saturated carbocycles. The molecule has 0 aromatic heterocycles. The minimum Gasteiger partial charge on any atom is -0.464 e. The first-order chi connectivity index (χ1) is 6.84. The Balaban J connectivity index is 3.90. The van der Waals surface area contributed by atoms with Crippen molar-refractivity contribution in [3.05, 3.63) is 12.2 Å². The third-order valence-electron chi connectivity index (χ3n) is 1.99.